The topological polar surface area (TPSA) is 94.6 Å². The lowest BCUT2D eigenvalue weighted by Gasteiger charge is -2.32. The van der Waals surface area contributed by atoms with Crippen LogP contribution in [0.1, 0.15) is 70.8 Å². The van der Waals surface area contributed by atoms with Crippen LogP contribution in [0, 0.1) is 0 Å². The standard InChI is InChI=1S/C27H31N5O3/c33-24-8-7-23(26(34)30-24)32-16-20-14-17(3-5-21(20)27(32)35)15-31-13-1-2-19-4-6-22(29-25(19)31)18-9-11-28-12-10-18/h3-6,14,18,23,28H,1-2,7-13,15-16H2,(H,30,33,34). The fraction of sp³-hybridized carbons (Fsp3) is 0.481. The molecule has 5 heterocycles. The van der Waals surface area contributed by atoms with Crippen LogP contribution in [0.4, 0.5) is 5.82 Å². The summed E-state index contributed by atoms with van der Waals surface area (Å²) < 4.78 is 0. The average molecular weight is 474 g/mol. The maximum Gasteiger partial charge on any atom is 0.255 e. The van der Waals surface area contributed by atoms with E-state index in [4.69, 9.17) is 4.98 Å². The van der Waals surface area contributed by atoms with E-state index in [2.05, 4.69) is 33.7 Å². The van der Waals surface area contributed by atoms with Crippen molar-refractivity contribution in [3.63, 3.8) is 0 Å². The van der Waals surface area contributed by atoms with E-state index >= 15 is 0 Å². The Morgan fingerprint density at radius 1 is 0.971 bits per heavy atom. The molecule has 2 aromatic rings. The summed E-state index contributed by atoms with van der Waals surface area (Å²) in [4.78, 5) is 46.0. The molecule has 1 unspecified atom stereocenters. The lowest BCUT2D eigenvalue weighted by molar-refractivity contribution is -0.136. The van der Waals surface area contributed by atoms with Crippen LogP contribution in [-0.2, 0) is 29.1 Å². The monoisotopic (exact) mass is 473 g/mol. The zero-order valence-electron chi connectivity index (χ0n) is 19.9. The fourth-order valence-corrected chi connectivity index (χ4v) is 5.97. The number of aromatic nitrogens is 1. The number of piperidine rings is 2. The number of benzene rings is 1. The van der Waals surface area contributed by atoms with E-state index in [1.165, 1.54) is 11.3 Å². The van der Waals surface area contributed by atoms with Crippen molar-refractivity contribution in [2.24, 2.45) is 0 Å². The number of nitrogens with one attached hydrogen (secondary N) is 2. The zero-order chi connectivity index (χ0) is 23.9. The van der Waals surface area contributed by atoms with Gasteiger partial charge in [-0.05, 0) is 74.0 Å². The van der Waals surface area contributed by atoms with E-state index in [-0.39, 0.29) is 24.1 Å². The summed E-state index contributed by atoms with van der Waals surface area (Å²) in [6.07, 6.45) is 5.08. The third-order valence-electron chi connectivity index (χ3n) is 7.87. The number of carbonyl (C=O) groups excluding carboxylic acids is 3. The van der Waals surface area contributed by atoms with Gasteiger partial charge in [0.2, 0.25) is 11.8 Å². The Bertz CT molecular complexity index is 1190. The van der Waals surface area contributed by atoms with E-state index < -0.39 is 6.04 Å². The smallest absolute Gasteiger partial charge is 0.255 e. The molecule has 0 spiro atoms. The predicted molar refractivity (Wildman–Crippen MR) is 131 cm³/mol. The van der Waals surface area contributed by atoms with Gasteiger partial charge in [-0.15, -0.1) is 0 Å². The van der Waals surface area contributed by atoms with Crippen molar-refractivity contribution in [1.82, 2.24) is 20.5 Å². The fourth-order valence-electron chi connectivity index (χ4n) is 5.97. The molecule has 1 aromatic carbocycles. The van der Waals surface area contributed by atoms with Crippen molar-refractivity contribution in [3.8, 4) is 0 Å². The Kier molecular flexibility index (Phi) is 5.76. The van der Waals surface area contributed by atoms with Gasteiger partial charge in [-0.1, -0.05) is 18.2 Å². The Balaban J connectivity index is 1.21. The molecule has 8 nitrogen and oxygen atoms in total. The third-order valence-corrected chi connectivity index (χ3v) is 7.87. The highest BCUT2D eigenvalue weighted by Crippen LogP contribution is 2.33. The van der Waals surface area contributed by atoms with Crippen molar-refractivity contribution in [2.45, 2.75) is 63.6 Å². The zero-order valence-corrected chi connectivity index (χ0v) is 19.9. The number of aryl methyl sites for hydroxylation is 1. The van der Waals surface area contributed by atoms with Gasteiger partial charge in [-0.3, -0.25) is 19.7 Å². The molecular formula is C27H31N5O3. The van der Waals surface area contributed by atoms with Gasteiger partial charge in [0.05, 0.1) is 0 Å². The van der Waals surface area contributed by atoms with Gasteiger partial charge in [0.15, 0.2) is 0 Å². The molecule has 0 saturated carbocycles. The molecule has 1 atom stereocenters. The highest BCUT2D eigenvalue weighted by molar-refractivity contribution is 6.05. The number of imide groups is 1. The SMILES string of the molecule is O=C1CCC(N2Cc3cc(CN4CCCc5ccc(C6CCNCC6)nc54)ccc3C2=O)C(=O)N1. The van der Waals surface area contributed by atoms with E-state index in [9.17, 15) is 14.4 Å². The molecule has 3 amide bonds. The molecule has 35 heavy (non-hydrogen) atoms. The van der Waals surface area contributed by atoms with E-state index in [1.807, 2.05) is 12.1 Å². The van der Waals surface area contributed by atoms with Crippen LogP contribution in [0.5, 0.6) is 0 Å². The van der Waals surface area contributed by atoms with E-state index in [1.54, 1.807) is 4.90 Å². The summed E-state index contributed by atoms with van der Waals surface area (Å²) in [5.74, 6) is 0.862. The second-order valence-electron chi connectivity index (χ2n) is 10.2. The minimum atomic E-state index is -0.581. The molecule has 2 saturated heterocycles. The van der Waals surface area contributed by atoms with Crippen molar-refractivity contribution in [1.29, 1.82) is 0 Å². The number of anilines is 1. The molecule has 0 bridgehead atoms. The van der Waals surface area contributed by atoms with E-state index in [0.717, 1.165) is 68.8 Å². The number of amides is 3. The molecule has 0 radical (unpaired) electrons. The van der Waals surface area contributed by atoms with Gasteiger partial charge in [0, 0.05) is 43.2 Å². The summed E-state index contributed by atoms with van der Waals surface area (Å²) in [6, 6.07) is 9.93. The number of carbonyl (C=O) groups is 3. The number of fused-ring (bicyclic) bond motifs is 2. The van der Waals surface area contributed by atoms with Crippen LogP contribution in [0.2, 0.25) is 0 Å². The number of pyridine rings is 1. The Labute approximate surface area is 205 Å². The molecule has 0 aliphatic carbocycles. The molecule has 8 heteroatoms. The first kappa shape index (κ1) is 22.2. The molecule has 6 rings (SSSR count). The average Bonchev–Trinajstić information content (AvgIpc) is 3.20. The first-order valence-electron chi connectivity index (χ1n) is 12.8. The van der Waals surface area contributed by atoms with Crippen LogP contribution in [-0.4, -0.2) is 53.3 Å². The maximum atomic E-state index is 13.0. The number of hydrogen-bond acceptors (Lipinski definition) is 6. The van der Waals surface area contributed by atoms with Gasteiger partial charge in [-0.25, -0.2) is 4.98 Å². The second-order valence-corrected chi connectivity index (χ2v) is 10.2. The molecular weight excluding hydrogens is 442 g/mol. The Morgan fingerprint density at radius 2 is 1.83 bits per heavy atom. The van der Waals surface area contributed by atoms with Crippen LogP contribution < -0.4 is 15.5 Å². The Hall–Kier alpha value is -3.26. The lowest BCUT2D eigenvalue weighted by Crippen LogP contribution is -2.52. The summed E-state index contributed by atoms with van der Waals surface area (Å²) in [5, 5.41) is 5.81. The highest BCUT2D eigenvalue weighted by atomic mass is 16.2. The largest absolute Gasteiger partial charge is 0.352 e. The van der Waals surface area contributed by atoms with Crippen LogP contribution in [0.25, 0.3) is 0 Å². The summed E-state index contributed by atoms with van der Waals surface area (Å²) in [7, 11) is 0. The van der Waals surface area contributed by atoms with E-state index in [0.29, 0.717) is 24.4 Å². The third kappa shape index (κ3) is 4.20. The highest BCUT2D eigenvalue weighted by Gasteiger charge is 2.39. The van der Waals surface area contributed by atoms with Gasteiger partial charge in [-0.2, -0.15) is 0 Å². The minimum absolute atomic E-state index is 0.127. The van der Waals surface area contributed by atoms with Crippen molar-refractivity contribution in [3.05, 3.63) is 58.3 Å². The van der Waals surface area contributed by atoms with Crippen LogP contribution in [0.3, 0.4) is 0 Å². The normalized spacial score (nSPS) is 22.7. The molecule has 1 aromatic heterocycles. The van der Waals surface area contributed by atoms with Crippen molar-refractivity contribution >= 4 is 23.5 Å². The number of rotatable bonds is 4. The number of nitrogens with zero attached hydrogens (tertiary/aromatic N) is 3. The Morgan fingerprint density at radius 3 is 2.66 bits per heavy atom. The molecule has 182 valence electrons. The molecule has 4 aliphatic heterocycles. The van der Waals surface area contributed by atoms with Crippen molar-refractivity contribution in [2.75, 3.05) is 24.5 Å². The number of hydrogen-bond donors (Lipinski definition) is 2. The summed E-state index contributed by atoms with van der Waals surface area (Å²) in [5.41, 5.74) is 5.27. The van der Waals surface area contributed by atoms with Crippen molar-refractivity contribution < 1.29 is 14.4 Å². The quantitative estimate of drug-likeness (QED) is 0.662. The minimum Gasteiger partial charge on any atom is -0.352 e. The van der Waals surface area contributed by atoms with Gasteiger partial charge in [0.25, 0.3) is 5.91 Å². The van der Waals surface area contributed by atoms with Gasteiger partial charge >= 0.3 is 0 Å². The van der Waals surface area contributed by atoms with Gasteiger partial charge < -0.3 is 15.1 Å². The summed E-state index contributed by atoms with van der Waals surface area (Å²) >= 11 is 0. The molecule has 2 fully saturated rings. The molecule has 2 N–H and O–H groups in total. The molecule has 4 aliphatic rings. The predicted octanol–water partition coefficient (Wildman–Crippen LogP) is 2.26. The summed E-state index contributed by atoms with van der Waals surface area (Å²) in [6.45, 7) is 4.22. The first-order chi connectivity index (χ1) is 17.1. The van der Waals surface area contributed by atoms with Gasteiger partial charge in [0.1, 0.15) is 11.9 Å². The van der Waals surface area contributed by atoms with Crippen LogP contribution >= 0.6 is 0 Å². The lowest BCUT2D eigenvalue weighted by atomic mass is 9.93. The maximum absolute atomic E-state index is 13.0. The second kappa shape index (κ2) is 9.07. The van der Waals surface area contributed by atoms with Crippen LogP contribution in [0.15, 0.2) is 30.3 Å². The first-order valence-corrected chi connectivity index (χ1v) is 12.8.